The van der Waals surface area contributed by atoms with Crippen molar-refractivity contribution in [3.63, 3.8) is 0 Å². The summed E-state index contributed by atoms with van der Waals surface area (Å²) >= 11 is 1.75. The van der Waals surface area contributed by atoms with Crippen molar-refractivity contribution in [3.05, 3.63) is 41.6 Å². The number of aromatic nitrogens is 2. The first-order valence-corrected chi connectivity index (χ1v) is 9.55. The molecule has 3 rings (SSSR count). The Bertz CT molecular complexity index is 771. The van der Waals surface area contributed by atoms with E-state index in [-0.39, 0.29) is 0 Å². The van der Waals surface area contributed by atoms with Crippen molar-refractivity contribution in [1.29, 1.82) is 0 Å². The van der Waals surface area contributed by atoms with Crippen LogP contribution in [0.2, 0.25) is 0 Å². The standard InChI is InChI=1S/C18H22N4O2S/c1-12(2)8-9-19-17(23)18(24)20-16-14-10-25-11-15(14)21-22(16)13-6-4-3-5-7-13/h3-7,12H,8-11H2,1-2H3,(H,19,23)(H,20,24). The predicted octanol–water partition coefficient (Wildman–Crippen LogP) is 2.72. The topological polar surface area (TPSA) is 76.0 Å². The van der Waals surface area contributed by atoms with Gasteiger partial charge in [-0.3, -0.25) is 9.59 Å². The monoisotopic (exact) mass is 358 g/mol. The maximum Gasteiger partial charge on any atom is 0.314 e. The summed E-state index contributed by atoms with van der Waals surface area (Å²) in [7, 11) is 0. The molecule has 0 spiro atoms. The third kappa shape index (κ3) is 4.04. The fraction of sp³-hybridized carbons (Fsp3) is 0.389. The number of amides is 2. The summed E-state index contributed by atoms with van der Waals surface area (Å²) in [6.07, 6.45) is 0.840. The zero-order valence-corrected chi connectivity index (χ0v) is 15.2. The minimum absolute atomic E-state index is 0.475. The van der Waals surface area contributed by atoms with Crippen molar-refractivity contribution < 1.29 is 9.59 Å². The van der Waals surface area contributed by atoms with Gasteiger partial charge in [0.05, 0.1) is 11.4 Å². The largest absolute Gasteiger partial charge is 0.348 e. The fourth-order valence-electron chi connectivity index (χ4n) is 2.62. The van der Waals surface area contributed by atoms with Crippen molar-refractivity contribution in [2.75, 3.05) is 11.9 Å². The number of carbonyl (C=O) groups excluding carboxylic acids is 2. The molecule has 2 aromatic rings. The number of benzene rings is 1. The Kier molecular flexibility index (Phi) is 5.43. The third-order valence-corrected chi connectivity index (χ3v) is 4.97. The second kappa shape index (κ2) is 7.74. The lowest BCUT2D eigenvalue weighted by Crippen LogP contribution is -2.36. The average molecular weight is 358 g/mol. The van der Waals surface area contributed by atoms with E-state index in [9.17, 15) is 9.59 Å². The first kappa shape index (κ1) is 17.5. The Hall–Kier alpha value is -2.28. The van der Waals surface area contributed by atoms with Gasteiger partial charge in [0.15, 0.2) is 0 Å². The molecule has 132 valence electrons. The predicted molar refractivity (Wildman–Crippen MR) is 99.7 cm³/mol. The van der Waals surface area contributed by atoms with Gasteiger partial charge >= 0.3 is 11.8 Å². The van der Waals surface area contributed by atoms with Gasteiger partial charge in [0, 0.05) is 23.6 Å². The number of hydrogen-bond donors (Lipinski definition) is 2. The molecule has 1 aliphatic rings. The molecule has 6 nitrogen and oxygen atoms in total. The van der Waals surface area contributed by atoms with Gasteiger partial charge in [-0.2, -0.15) is 16.9 Å². The van der Waals surface area contributed by atoms with E-state index in [0.29, 0.717) is 18.3 Å². The van der Waals surface area contributed by atoms with E-state index in [1.807, 2.05) is 30.3 Å². The molecule has 7 heteroatoms. The summed E-state index contributed by atoms with van der Waals surface area (Å²) in [5.41, 5.74) is 2.82. The molecule has 0 saturated heterocycles. The van der Waals surface area contributed by atoms with E-state index < -0.39 is 11.8 Å². The van der Waals surface area contributed by atoms with E-state index in [1.54, 1.807) is 16.4 Å². The van der Waals surface area contributed by atoms with Crippen LogP contribution in [-0.2, 0) is 21.1 Å². The minimum Gasteiger partial charge on any atom is -0.348 e. The second-order valence-corrected chi connectivity index (χ2v) is 7.39. The van der Waals surface area contributed by atoms with Crippen LogP contribution in [0.3, 0.4) is 0 Å². The van der Waals surface area contributed by atoms with E-state index in [0.717, 1.165) is 34.9 Å². The molecule has 0 saturated carbocycles. The van der Waals surface area contributed by atoms with E-state index in [4.69, 9.17) is 0 Å². The lowest BCUT2D eigenvalue weighted by Gasteiger charge is -2.11. The van der Waals surface area contributed by atoms with Crippen molar-refractivity contribution in [2.45, 2.75) is 31.8 Å². The molecule has 25 heavy (non-hydrogen) atoms. The van der Waals surface area contributed by atoms with Crippen molar-refractivity contribution >= 4 is 29.4 Å². The summed E-state index contributed by atoms with van der Waals surface area (Å²) in [5.74, 6) is 1.41. The molecule has 2 N–H and O–H groups in total. The Labute approximate surface area is 151 Å². The number of carbonyl (C=O) groups is 2. The quantitative estimate of drug-likeness (QED) is 0.806. The molecular formula is C18H22N4O2S. The molecule has 0 unspecified atom stereocenters. The van der Waals surface area contributed by atoms with Gasteiger partial charge in [-0.1, -0.05) is 32.0 Å². The molecule has 2 amide bonds. The first-order valence-electron chi connectivity index (χ1n) is 8.39. The molecule has 1 aromatic carbocycles. The van der Waals surface area contributed by atoms with Gasteiger partial charge in [-0.15, -0.1) is 0 Å². The van der Waals surface area contributed by atoms with Crippen LogP contribution >= 0.6 is 11.8 Å². The summed E-state index contributed by atoms with van der Waals surface area (Å²) in [4.78, 5) is 24.3. The van der Waals surface area contributed by atoms with Crippen LogP contribution in [0, 0.1) is 5.92 Å². The van der Waals surface area contributed by atoms with Crippen LogP contribution in [0.15, 0.2) is 30.3 Å². The molecule has 2 heterocycles. The SMILES string of the molecule is CC(C)CCNC(=O)C(=O)Nc1c2c(nn1-c1ccccc1)CSC2. The van der Waals surface area contributed by atoms with E-state index >= 15 is 0 Å². The molecule has 1 aromatic heterocycles. The van der Waals surface area contributed by atoms with Gasteiger partial charge in [0.25, 0.3) is 0 Å². The highest BCUT2D eigenvalue weighted by Gasteiger charge is 2.26. The van der Waals surface area contributed by atoms with Gasteiger partial charge in [0.2, 0.25) is 0 Å². The van der Waals surface area contributed by atoms with E-state index in [1.165, 1.54) is 0 Å². The number of anilines is 1. The van der Waals surface area contributed by atoms with Gasteiger partial charge in [0.1, 0.15) is 5.82 Å². The third-order valence-electron chi connectivity index (χ3n) is 4.00. The fourth-order valence-corrected chi connectivity index (χ4v) is 3.65. The molecule has 0 aliphatic carbocycles. The Morgan fingerprint density at radius 2 is 1.96 bits per heavy atom. The highest BCUT2D eigenvalue weighted by Crippen LogP contribution is 2.35. The first-order chi connectivity index (χ1) is 12.1. The van der Waals surface area contributed by atoms with Gasteiger partial charge < -0.3 is 10.6 Å². The number of nitrogens with one attached hydrogen (secondary N) is 2. The number of rotatable bonds is 5. The zero-order valence-electron chi connectivity index (χ0n) is 14.4. The minimum atomic E-state index is -0.652. The Morgan fingerprint density at radius 3 is 2.68 bits per heavy atom. The van der Waals surface area contributed by atoms with Crippen molar-refractivity contribution in [3.8, 4) is 5.69 Å². The Balaban J connectivity index is 1.78. The summed E-state index contributed by atoms with van der Waals surface area (Å²) in [6.45, 7) is 4.65. The van der Waals surface area contributed by atoms with Gasteiger partial charge in [-0.05, 0) is 24.5 Å². The Morgan fingerprint density at radius 1 is 1.20 bits per heavy atom. The number of fused-ring (bicyclic) bond motifs is 1. The number of hydrogen-bond acceptors (Lipinski definition) is 4. The number of nitrogens with zero attached hydrogens (tertiary/aromatic N) is 2. The van der Waals surface area contributed by atoms with Crippen LogP contribution in [0.1, 0.15) is 31.5 Å². The van der Waals surface area contributed by atoms with Crippen LogP contribution < -0.4 is 10.6 Å². The maximum absolute atomic E-state index is 12.3. The lowest BCUT2D eigenvalue weighted by atomic mass is 10.1. The number of para-hydroxylation sites is 1. The van der Waals surface area contributed by atoms with Gasteiger partial charge in [-0.25, -0.2) is 4.68 Å². The summed E-state index contributed by atoms with van der Waals surface area (Å²) < 4.78 is 1.71. The normalized spacial score (nSPS) is 12.9. The molecule has 0 atom stereocenters. The maximum atomic E-state index is 12.3. The summed E-state index contributed by atoms with van der Waals surface area (Å²) in [5, 5.41) is 10.0. The molecule has 0 radical (unpaired) electrons. The molecule has 1 aliphatic heterocycles. The molecular weight excluding hydrogens is 336 g/mol. The highest BCUT2D eigenvalue weighted by atomic mass is 32.2. The number of thioether (sulfide) groups is 1. The zero-order chi connectivity index (χ0) is 17.8. The lowest BCUT2D eigenvalue weighted by molar-refractivity contribution is -0.136. The average Bonchev–Trinajstić information content (AvgIpc) is 3.17. The van der Waals surface area contributed by atoms with E-state index in [2.05, 4.69) is 29.6 Å². The molecule has 0 bridgehead atoms. The second-order valence-electron chi connectivity index (χ2n) is 6.41. The summed E-state index contributed by atoms with van der Waals surface area (Å²) in [6, 6.07) is 9.61. The molecule has 0 fully saturated rings. The smallest absolute Gasteiger partial charge is 0.314 e. The van der Waals surface area contributed by atoms with Crippen LogP contribution in [0.5, 0.6) is 0 Å². The van der Waals surface area contributed by atoms with Crippen molar-refractivity contribution in [2.24, 2.45) is 5.92 Å². The van der Waals surface area contributed by atoms with Crippen LogP contribution in [0.25, 0.3) is 5.69 Å². The van der Waals surface area contributed by atoms with Crippen LogP contribution in [-0.4, -0.2) is 28.1 Å². The van der Waals surface area contributed by atoms with Crippen molar-refractivity contribution in [1.82, 2.24) is 15.1 Å². The highest BCUT2D eigenvalue weighted by molar-refractivity contribution is 7.98. The van der Waals surface area contributed by atoms with Crippen LogP contribution in [0.4, 0.5) is 5.82 Å².